The summed E-state index contributed by atoms with van der Waals surface area (Å²) in [6.45, 7) is 2.57. The number of nitrogens with zero attached hydrogens (tertiary/aromatic N) is 2. The van der Waals surface area contributed by atoms with Crippen LogP contribution in [0.3, 0.4) is 0 Å². The molecule has 0 radical (unpaired) electrons. The Hall–Kier alpha value is -2.88. The fourth-order valence-corrected chi connectivity index (χ4v) is 5.63. The van der Waals surface area contributed by atoms with E-state index in [4.69, 9.17) is 9.47 Å². The number of sulfonamides is 1. The van der Waals surface area contributed by atoms with Crippen LogP contribution in [0.15, 0.2) is 52.4 Å². The monoisotopic (exact) mass is 470 g/mol. The molecule has 2 aromatic rings. The smallest absolute Gasteiger partial charge is 0.337 e. The Balaban J connectivity index is 1.69. The number of rotatable bonds is 7. The van der Waals surface area contributed by atoms with Gasteiger partial charge in [0.25, 0.3) is 5.91 Å². The van der Waals surface area contributed by atoms with E-state index in [9.17, 15) is 18.0 Å². The van der Waals surface area contributed by atoms with E-state index in [1.54, 1.807) is 12.1 Å². The molecule has 1 fully saturated rings. The molecule has 2 aliphatic rings. The third kappa shape index (κ3) is 5.05. The summed E-state index contributed by atoms with van der Waals surface area (Å²) in [5.41, 5.74) is 1.16. The van der Waals surface area contributed by atoms with Crippen LogP contribution >= 0.6 is 0 Å². The third-order valence-corrected chi connectivity index (χ3v) is 7.66. The van der Waals surface area contributed by atoms with Crippen molar-refractivity contribution in [3.05, 3.63) is 64.2 Å². The Labute approximate surface area is 192 Å². The van der Waals surface area contributed by atoms with Gasteiger partial charge in [0.05, 0.1) is 34.9 Å². The molecule has 174 valence electrons. The number of fused-ring (bicyclic) bond motifs is 1. The fourth-order valence-electron chi connectivity index (χ4n) is 4.09. The van der Waals surface area contributed by atoms with Crippen molar-refractivity contribution in [2.45, 2.75) is 30.8 Å². The highest BCUT2D eigenvalue weighted by molar-refractivity contribution is 7.89. The molecule has 1 amide bonds. The van der Waals surface area contributed by atoms with Crippen LogP contribution in [-0.2, 0) is 24.3 Å². The lowest BCUT2D eigenvalue weighted by atomic mass is 10.0. The molecule has 0 saturated carbocycles. The van der Waals surface area contributed by atoms with Crippen LogP contribution in [0, 0.1) is 12.8 Å². The van der Waals surface area contributed by atoms with E-state index in [0.29, 0.717) is 12.0 Å². The minimum atomic E-state index is -4.03. The lowest BCUT2D eigenvalue weighted by Crippen LogP contribution is -2.44. The second-order valence-electron chi connectivity index (χ2n) is 8.26. The predicted molar refractivity (Wildman–Crippen MR) is 120 cm³/mol. The molecule has 1 saturated heterocycles. The molecule has 9 heteroatoms. The number of ether oxygens (including phenoxy) is 2. The van der Waals surface area contributed by atoms with Gasteiger partial charge in [0.1, 0.15) is 0 Å². The summed E-state index contributed by atoms with van der Waals surface area (Å²) in [6, 6.07) is 11.3. The Kier molecular flexibility index (Phi) is 6.73. The van der Waals surface area contributed by atoms with E-state index in [-0.39, 0.29) is 35.6 Å². The van der Waals surface area contributed by atoms with Crippen molar-refractivity contribution >= 4 is 28.0 Å². The molecule has 2 aromatic carbocycles. The van der Waals surface area contributed by atoms with Crippen LogP contribution in [-0.4, -0.2) is 57.5 Å². The van der Waals surface area contributed by atoms with Crippen molar-refractivity contribution in [2.75, 3.05) is 26.8 Å². The number of esters is 1. The van der Waals surface area contributed by atoms with Crippen molar-refractivity contribution in [3.8, 4) is 0 Å². The summed E-state index contributed by atoms with van der Waals surface area (Å²) in [5, 5.41) is 1.39. The van der Waals surface area contributed by atoms with Crippen LogP contribution in [0.5, 0.6) is 0 Å². The highest BCUT2D eigenvalue weighted by Gasteiger charge is 2.33. The lowest BCUT2D eigenvalue weighted by Gasteiger charge is -2.27. The summed E-state index contributed by atoms with van der Waals surface area (Å²) in [7, 11) is -2.79. The minimum absolute atomic E-state index is 0.0418. The summed E-state index contributed by atoms with van der Waals surface area (Å²) in [5.74, 6) is -1.74. The first-order chi connectivity index (χ1) is 15.8. The van der Waals surface area contributed by atoms with Gasteiger partial charge in [-0.25, -0.2) is 18.2 Å². The molecular weight excluding hydrogens is 444 g/mol. The second kappa shape index (κ2) is 9.54. The average molecular weight is 471 g/mol. The third-order valence-electron chi connectivity index (χ3n) is 5.84. The molecule has 4 rings (SSSR count). The minimum Gasteiger partial charge on any atom is -0.465 e. The molecule has 8 nitrogen and oxygen atoms in total. The van der Waals surface area contributed by atoms with Gasteiger partial charge < -0.3 is 9.47 Å². The van der Waals surface area contributed by atoms with Gasteiger partial charge in [-0.1, -0.05) is 29.8 Å². The Morgan fingerprint density at radius 3 is 2.76 bits per heavy atom. The van der Waals surface area contributed by atoms with Crippen LogP contribution < -0.4 is 10.6 Å². The van der Waals surface area contributed by atoms with Crippen molar-refractivity contribution in [3.63, 3.8) is 0 Å². The van der Waals surface area contributed by atoms with E-state index in [2.05, 4.69) is 4.99 Å². The van der Waals surface area contributed by atoms with Crippen molar-refractivity contribution in [2.24, 2.45) is 10.9 Å². The largest absolute Gasteiger partial charge is 0.465 e. The average Bonchev–Trinajstić information content (AvgIpc) is 3.32. The number of hydrogen-bond acceptors (Lipinski definition) is 6. The number of amides is 1. The summed E-state index contributed by atoms with van der Waals surface area (Å²) in [4.78, 5) is 28.8. The molecule has 0 aromatic heterocycles. The second-order valence-corrected chi connectivity index (χ2v) is 10.2. The maximum atomic E-state index is 13.6. The van der Waals surface area contributed by atoms with Crippen molar-refractivity contribution < 1.29 is 27.5 Å². The summed E-state index contributed by atoms with van der Waals surface area (Å²) < 4.78 is 38.9. The van der Waals surface area contributed by atoms with Gasteiger partial charge in [0, 0.05) is 19.7 Å². The zero-order chi connectivity index (χ0) is 23.6. The highest BCUT2D eigenvalue weighted by atomic mass is 32.2. The molecule has 0 N–H and O–H groups in total. The van der Waals surface area contributed by atoms with Gasteiger partial charge in [-0.2, -0.15) is 4.31 Å². The molecule has 0 bridgehead atoms. The molecule has 0 spiro atoms. The number of methoxy groups -OCH3 is 1. The molecule has 33 heavy (non-hydrogen) atoms. The van der Waals surface area contributed by atoms with Crippen LogP contribution in [0.25, 0.3) is 6.08 Å². The fraction of sp³-hybridized carbons (Fsp3) is 0.375. The number of benzene rings is 2. The van der Waals surface area contributed by atoms with Gasteiger partial charge in [0.15, 0.2) is 0 Å². The molecule has 0 aliphatic carbocycles. The number of hydrogen-bond donors (Lipinski definition) is 0. The Bertz CT molecular complexity index is 1300. The Morgan fingerprint density at radius 1 is 1.21 bits per heavy atom. The van der Waals surface area contributed by atoms with Crippen LogP contribution in [0.1, 0.15) is 28.8 Å². The molecule has 2 atom stereocenters. The molecular formula is C24H26N2O6S. The molecule has 2 aliphatic heterocycles. The summed E-state index contributed by atoms with van der Waals surface area (Å²) >= 11 is 0. The van der Waals surface area contributed by atoms with E-state index in [1.807, 2.05) is 19.1 Å². The first kappa shape index (κ1) is 23.3. The first-order valence-electron chi connectivity index (χ1n) is 10.8. The predicted octanol–water partition coefficient (Wildman–Crippen LogP) is 1.21. The van der Waals surface area contributed by atoms with Crippen molar-refractivity contribution in [1.29, 1.82) is 0 Å². The van der Waals surface area contributed by atoms with Gasteiger partial charge in [0.2, 0.25) is 10.0 Å². The number of carbonyl (C=O) groups excluding carboxylic acids is 2. The van der Waals surface area contributed by atoms with E-state index in [0.717, 1.165) is 23.6 Å². The standard InChI is InChI=1S/C24H26N2O6S/c1-16-8-9-22-18(11-16)12-19(23(27)25-22)14-26(15-20-6-4-10-32-20)33(29,30)21-7-3-5-17(13-21)24(28)31-2/h3,5,7-9,11-13,19-20H,4,6,10,14-15H2,1-2H3. The zero-order valence-electron chi connectivity index (χ0n) is 18.6. The maximum Gasteiger partial charge on any atom is 0.337 e. The Morgan fingerprint density at radius 2 is 2.03 bits per heavy atom. The number of carbonyl (C=O) groups is 2. The first-order valence-corrected chi connectivity index (χ1v) is 12.2. The van der Waals surface area contributed by atoms with Gasteiger partial charge in [-0.3, -0.25) is 4.79 Å². The van der Waals surface area contributed by atoms with E-state index < -0.39 is 21.9 Å². The lowest BCUT2D eigenvalue weighted by molar-refractivity contribution is -0.120. The van der Waals surface area contributed by atoms with Gasteiger partial charge in [-0.05, 0) is 49.2 Å². The van der Waals surface area contributed by atoms with Gasteiger partial charge >= 0.3 is 5.97 Å². The van der Waals surface area contributed by atoms with Gasteiger partial charge in [-0.15, -0.1) is 0 Å². The van der Waals surface area contributed by atoms with E-state index >= 15 is 0 Å². The summed E-state index contributed by atoms with van der Waals surface area (Å²) in [6.07, 6.45) is 3.12. The highest BCUT2D eigenvalue weighted by Crippen LogP contribution is 2.23. The SMILES string of the molecule is COC(=O)c1cccc(S(=O)(=O)N(CC2CCCO2)CC2C=c3cc(C)ccc3=NC2=O)c1. The zero-order valence-corrected chi connectivity index (χ0v) is 19.4. The normalized spacial score (nSPS) is 20.2. The molecule has 2 unspecified atom stereocenters. The number of aryl methyl sites for hydroxylation is 1. The van der Waals surface area contributed by atoms with E-state index in [1.165, 1.54) is 35.7 Å². The quantitative estimate of drug-likeness (QED) is 0.564. The van der Waals surface area contributed by atoms with Crippen LogP contribution in [0.2, 0.25) is 0 Å². The van der Waals surface area contributed by atoms with Crippen molar-refractivity contribution in [1.82, 2.24) is 4.31 Å². The molecule has 2 heterocycles. The topological polar surface area (TPSA) is 102 Å². The maximum absolute atomic E-state index is 13.6. The van der Waals surface area contributed by atoms with Crippen LogP contribution in [0.4, 0.5) is 0 Å².